The summed E-state index contributed by atoms with van der Waals surface area (Å²) < 4.78 is 16.9. The van der Waals surface area contributed by atoms with Gasteiger partial charge in [0, 0.05) is 44.3 Å². The van der Waals surface area contributed by atoms with Crippen molar-refractivity contribution in [3.63, 3.8) is 0 Å². The zero-order valence-corrected chi connectivity index (χ0v) is 20.4. The van der Waals surface area contributed by atoms with E-state index in [9.17, 15) is 0 Å². The van der Waals surface area contributed by atoms with E-state index in [0.717, 1.165) is 38.4 Å². The average Bonchev–Trinajstić information content (AvgIpc) is 3.34. The summed E-state index contributed by atoms with van der Waals surface area (Å²) in [5, 5.41) is 12.7. The molecule has 0 spiro atoms. The molecule has 1 aliphatic heterocycles. The zero-order chi connectivity index (χ0) is 22.5. The Labute approximate surface area is 207 Å². The number of piperazine rings is 1. The maximum Gasteiger partial charge on any atom is 0.173 e. The van der Waals surface area contributed by atoms with Crippen LogP contribution < -0.4 is 0 Å². The van der Waals surface area contributed by atoms with Crippen molar-refractivity contribution in [3.8, 4) is 0 Å². The molecule has 1 aromatic heterocycles. The number of hydrogen-bond acceptors (Lipinski definition) is 5. The van der Waals surface area contributed by atoms with Crippen LogP contribution in [0.25, 0.3) is 0 Å². The smallest absolute Gasteiger partial charge is 0.173 e. The fourth-order valence-corrected chi connectivity index (χ4v) is 5.45. The van der Waals surface area contributed by atoms with Crippen molar-refractivity contribution in [3.05, 3.63) is 77.4 Å². The molecule has 2 fully saturated rings. The van der Waals surface area contributed by atoms with Gasteiger partial charge in [0.05, 0.1) is 0 Å². The van der Waals surface area contributed by atoms with Gasteiger partial charge in [-0.15, -0.1) is 17.5 Å². The largest absolute Gasteiger partial charge is 0.298 e. The van der Waals surface area contributed by atoms with Gasteiger partial charge >= 0.3 is 0 Å². The minimum atomic E-state index is -0.287. The molecule has 34 heavy (non-hydrogen) atoms. The molecule has 1 unspecified atom stereocenters. The third kappa shape index (κ3) is 5.65. The topological polar surface area (TPSA) is 50.1 Å². The molecule has 5 rings (SSSR count). The van der Waals surface area contributed by atoms with Crippen LogP contribution in [0.2, 0.25) is 0 Å². The van der Waals surface area contributed by atoms with Crippen molar-refractivity contribution in [2.24, 2.45) is 0 Å². The van der Waals surface area contributed by atoms with E-state index in [-0.39, 0.29) is 24.3 Å². The second kappa shape index (κ2) is 11.9. The van der Waals surface area contributed by atoms with Crippen LogP contribution in [-0.4, -0.2) is 62.2 Å². The number of benzene rings is 2. The Balaban J connectivity index is 0.00000274. The minimum absolute atomic E-state index is 0. The second-order valence-electron chi connectivity index (χ2n) is 9.28. The van der Waals surface area contributed by atoms with Crippen LogP contribution in [0.5, 0.6) is 0 Å². The van der Waals surface area contributed by atoms with E-state index < -0.39 is 0 Å². The lowest BCUT2D eigenvalue weighted by Gasteiger charge is -2.43. The van der Waals surface area contributed by atoms with Gasteiger partial charge in [0.25, 0.3) is 0 Å². The van der Waals surface area contributed by atoms with Gasteiger partial charge in [0.2, 0.25) is 0 Å². The molecule has 1 saturated heterocycles. The number of aromatic nitrogens is 4. The lowest BCUT2D eigenvalue weighted by molar-refractivity contribution is 0.0612. The van der Waals surface area contributed by atoms with E-state index in [0.29, 0.717) is 18.2 Å². The predicted octanol–water partition coefficient (Wildman–Crippen LogP) is 4.52. The van der Waals surface area contributed by atoms with Crippen molar-refractivity contribution in [1.29, 1.82) is 0 Å². The normalized spacial score (nSPS) is 19.0. The molecular formula is C26H34ClFN6. The highest BCUT2D eigenvalue weighted by molar-refractivity contribution is 5.85. The minimum Gasteiger partial charge on any atom is -0.298 e. The third-order valence-electron chi connectivity index (χ3n) is 7.26. The molecule has 0 N–H and O–H groups in total. The quantitative estimate of drug-likeness (QED) is 0.493. The monoisotopic (exact) mass is 484 g/mol. The SMILES string of the molecule is Cl.Fc1ccccc1C(c1nnnn1CCc1ccccc1)N1CCN(C2CCCCC2)CC1. The van der Waals surface area contributed by atoms with E-state index >= 15 is 4.39 Å². The van der Waals surface area contributed by atoms with Crippen LogP contribution in [0.4, 0.5) is 4.39 Å². The van der Waals surface area contributed by atoms with Gasteiger partial charge in [-0.05, 0) is 41.3 Å². The Morgan fingerprint density at radius 2 is 1.59 bits per heavy atom. The summed E-state index contributed by atoms with van der Waals surface area (Å²) in [7, 11) is 0. The molecule has 182 valence electrons. The van der Waals surface area contributed by atoms with Crippen molar-refractivity contribution >= 4 is 12.4 Å². The lowest BCUT2D eigenvalue weighted by Crippen LogP contribution is -2.52. The summed E-state index contributed by atoms with van der Waals surface area (Å²) in [6.07, 6.45) is 7.52. The van der Waals surface area contributed by atoms with Gasteiger partial charge in [0.15, 0.2) is 5.82 Å². The van der Waals surface area contributed by atoms with Crippen molar-refractivity contribution < 1.29 is 4.39 Å². The Bertz CT molecular complexity index is 1010. The van der Waals surface area contributed by atoms with Gasteiger partial charge in [-0.3, -0.25) is 9.80 Å². The molecule has 0 bridgehead atoms. The highest BCUT2D eigenvalue weighted by atomic mass is 35.5. The van der Waals surface area contributed by atoms with Crippen LogP contribution in [0.3, 0.4) is 0 Å². The molecule has 0 amide bonds. The Hall–Kier alpha value is -2.35. The molecule has 1 aliphatic carbocycles. The van der Waals surface area contributed by atoms with Gasteiger partial charge < -0.3 is 0 Å². The molecule has 2 aliphatic rings. The maximum atomic E-state index is 15.0. The van der Waals surface area contributed by atoms with Crippen molar-refractivity contribution in [2.75, 3.05) is 26.2 Å². The number of tetrazole rings is 1. The van der Waals surface area contributed by atoms with Gasteiger partial charge in [0.1, 0.15) is 11.9 Å². The summed E-state index contributed by atoms with van der Waals surface area (Å²) >= 11 is 0. The first-order valence-electron chi connectivity index (χ1n) is 12.3. The standard InChI is InChI=1S/C26H33FN6.ClH/c27-24-14-8-7-13-23(24)25(32-19-17-31(18-20-32)22-11-5-2-6-12-22)26-28-29-30-33(26)16-15-21-9-3-1-4-10-21;/h1,3-4,7-10,13-14,22,25H,2,5-6,11-12,15-20H2;1H. The molecule has 0 radical (unpaired) electrons. The lowest BCUT2D eigenvalue weighted by atomic mass is 9.93. The third-order valence-corrected chi connectivity index (χ3v) is 7.26. The molecule has 2 aromatic carbocycles. The van der Waals surface area contributed by atoms with E-state index in [1.165, 1.54) is 37.7 Å². The van der Waals surface area contributed by atoms with E-state index in [1.807, 2.05) is 35.0 Å². The fraction of sp³-hybridized carbons (Fsp3) is 0.500. The molecule has 1 atom stereocenters. The molecule has 8 heteroatoms. The predicted molar refractivity (Wildman–Crippen MR) is 133 cm³/mol. The highest BCUT2D eigenvalue weighted by Crippen LogP contribution is 2.31. The summed E-state index contributed by atoms with van der Waals surface area (Å²) in [4.78, 5) is 5.01. The number of nitrogens with zero attached hydrogens (tertiary/aromatic N) is 6. The summed E-state index contributed by atoms with van der Waals surface area (Å²) in [5.41, 5.74) is 1.89. The van der Waals surface area contributed by atoms with E-state index in [1.54, 1.807) is 12.1 Å². The molecule has 3 aromatic rings. The molecule has 6 nitrogen and oxygen atoms in total. The van der Waals surface area contributed by atoms with Crippen LogP contribution in [0, 0.1) is 5.82 Å². The number of hydrogen-bond donors (Lipinski definition) is 0. The first-order chi connectivity index (χ1) is 16.3. The van der Waals surface area contributed by atoms with Crippen LogP contribution in [-0.2, 0) is 13.0 Å². The Morgan fingerprint density at radius 1 is 0.882 bits per heavy atom. The van der Waals surface area contributed by atoms with Crippen molar-refractivity contribution in [1.82, 2.24) is 30.0 Å². The van der Waals surface area contributed by atoms with E-state index in [4.69, 9.17) is 0 Å². The maximum absolute atomic E-state index is 15.0. The fourth-order valence-electron chi connectivity index (χ4n) is 5.45. The molecule has 1 saturated carbocycles. The van der Waals surface area contributed by atoms with Gasteiger partial charge in [-0.2, -0.15) is 0 Å². The first-order valence-corrected chi connectivity index (χ1v) is 12.3. The van der Waals surface area contributed by atoms with Crippen LogP contribution >= 0.6 is 12.4 Å². The number of aryl methyl sites for hydroxylation is 2. The molecule has 2 heterocycles. The molecular weight excluding hydrogens is 451 g/mol. The average molecular weight is 485 g/mol. The zero-order valence-electron chi connectivity index (χ0n) is 19.6. The summed E-state index contributed by atoms with van der Waals surface area (Å²) in [5.74, 6) is 0.525. The number of rotatable bonds is 7. The van der Waals surface area contributed by atoms with Crippen molar-refractivity contribution in [2.45, 2.75) is 57.2 Å². The van der Waals surface area contributed by atoms with Gasteiger partial charge in [-0.25, -0.2) is 9.07 Å². The summed E-state index contributed by atoms with van der Waals surface area (Å²) in [6.45, 7) is 4.48. The number of halogens is 2. The van der Waals surface area contributed by atoms with Crippen LogP contribution in [0.15, 0.2) is 54.6 Å². The highest BCUT2D eigenvalue weighted by Gasteiger charge is 2.33. The summed E-state index contributed by atoms with van der Waals surface area (Å²) in [6, 6.07) is 17.8. The second-order valence-corrected chi connectivity index (χ2v) is 9.28. The Kier molecular flexibility index (Phi) is 8.64. The first kappa shape index (κ1) is 24.8. The van der Waals surface area contributed by atoms with Gasteiger partial charge in [-0.1, -0.05) is 67.8 Å². The van der Waals surface area contributed by atoms with E-state index in [2.05, 4.69) is 37.5 Å². The van der Waals surface area contributed by atoms with Crippen LogP contribution in [0.1, 0.15) is 55.1 Å². The Morgan fingerprint density at radius 3 is 2.32 bits per heavy atom.